The Bertz CT molecular complexity index is 653. The molecule has 2 rings (SSSR count). The van der Waals surface area contributed by atoms with E-state index in [-0.39, 0.29) is 16.7 Å². The monoisotopic (exact) mass is 299 g/mol. The van der Waals surface area contributed by atoms with Gasteiger partial charge in [0.1, 0.15) is 0 Å². The molecule has 0 radical (unpaired) electrons. The van der Waals surface area contributed by atoms with Crippen LogP contribution in [0.25, 0.3) is 11.1 Å². The third-order valence-corrected chi connectivity index (χ3v) is 3.08. The van der Waals surface area contributed by atoms with Crippen molar-refractivity contribution in [3.8, 4) is 11.1 Å². The smallest absolute Gasteiger partial charge is 0.366 e. The van der Waals surface area contributed by atoms with E-state index in [1.807, 2.05) is 0 Å². The molecule has 0 aliphatic heterocycles. The molecule has 0 heterocycles. The van der Waals surface area contributed by atoms with Gasteiger partial charge in [0.05, 0.1) is 10.6 Å². The number of rotatable bonds is 2. The number of alkyl halides is 3. The molecule has 0 saturated carbocycles. The molecule has 2 aromatic carbocycles. The minimum Gasteiger partial charge on any atom is -0.366 e. The summed E-state index contributed by atoms with van der Waals surface area (Å²) in [5.41, 5.74) is 3.83. The van der Waals surface area contributed by atoms with Gasteiger partial charge in [-0.05, 0) is 17.7 Å². The first-order valence-corrected chi connectivity index (χ1v) is 5.95. The molecule has 104 valence electrons. The Hall–Kier alpha value is -2.01. The Morgan fingerprint density at radius 3 is 2.15 bits per heavy atom. The molecule has 20 heavy (non-hydrogen) atoms. The van der Waals surface area contributed by atoms with Crippen molar-refractivity contribution in [2.75, 3.05) is 0 Å². The van der Waals surface area contributed by atoms with Crippen LogP contribution in [0.5, 0.6) is 0 Å². The molecule has 0 fully saturated rings. The van der Waals surface area contributed by atoms with Crippen LogP contribution in [-0.4, -0.2) is 5.91 Å². The molecular weight excluding hydrogens is 291 g/mol. The molecule has 0 aliphatic carbocycles. The number of nitrogens with two attached hydrogens (primary N) is 1. The summed E-state index contributed by atoms with van der Waals surface area (Å²) in [4.78, 5) is 11.4. The summed E-state index contributed by atoms with van der Waals surface area (Å²) in [7, 11) is 0. The number of amides is 1. The van der Waals surface area contributed by atoms with Crippen LogP contribution in [0, 0.1) is 0 Å². The second-order valence-corrected chi connectivity index (χ2v) is 4.48. The lowest BCUT2D eigenvalue weighted by atomic mass is 9.93. The maximum atomic E-state index is 13.2. The van der Waals surface area contributed by atoms with Crippen LogP contribution >= 0.6 is 11.6 Å². The van der Waals surface area contributed by atoms with Crippen molar-refractivity contribution < 1.29 is 18.0 Å². The van der Waals surface area contributed by atoms with Crippen LogP contribution in [0.3, 0.4) is 0 Å². The Labute approximate surface area is 118 Å². The van der Waals surface area contributed by atoms with Gasteiger partial charge in [-0.2, -0.15) is 13.2 Å². The number of hydrogen-bond donors (Lipinski definition) is 1. The Balaban J connectivity index is 2.87. The lowest BCUT2D eigenvalue weighted by Crippen LogP contribution is -2.17. The summed E-state index contributed by atoms with van der Waals surface area (Å²) in [6, 6.07) is 9.95. The van der Waals surface area contributed by atoms with E-state index in [1.54, 1.807) is 18.2 Å². The lowest BCUT2D eigenvalue weighted by molar-refractivity contribution is -0.137. The average molecular weight is 300 g/mol. The SMILES string of the molecule is NC(=O)c1ccc(Cl)c(C(F)(F)F)c1-c1ccccc1. The zero-order chi connectivity index (χ0) is 14.9. The molecule has 1 amide bonds. The van der Waals surface area contributed by atoms with Crippen molar-refractivity contribution in [1.29, 1.82) is 0 Å². The number of benzene rings is 2. The summed E-state index contributed by atoms with van der Waals surface area (Å²) >= 11 is 5.67. The van der Waals surface area contributed by atoms with Gasteiger partial charge in [0.25, 0.3) is 0 Å². The van der Waals surface area contributed by atoms with E-state index in [1.165, 1.54) is 18.2 Å². The number of hydrogen-bond acceptors (Lipinski definition) is 1. The standard InChI is InChI=1S/C14H9ClF3NO/c15-10-7-6-9(13(19)20)11(12(10)14(16,17)18)8-4-2-1-3-5-8/h1-7H,(H2,19,20). The van der Waals surface area contributed by atoms with E-state index < -0.39 is 22.7 Å². The average Bonchev–Trinajstić information content (AvgIpc) is 2.37. The minimum absolute atomic E-state index is 0.215. The molecule has 0 aliphatic rings. The summed E-state index contributed by atoms with van der Waals surface area (Å²) in [5, 5.41) is -0.471. The highest BCUT2D eigenvalue weighted by Gasteiger charge is 2.38. The molecule has 0 saturated heterocycles. The molecular formula is C14H9ClF3NO. The molecule has 0 atom stereocenters. The lowest BCUT2D eigenvalue weighted by Gasteiger charge is -2.17. The normalized spacial score (nSPS) is 11.4. The van der Waals surface area contributed by atoms with Crippen LogP contribution < -0.4 is 5.73 Å². The zero-order valence-corrected chi connectivity index (χ0v) is 10.8. The fourth-order valence-corrected chi connectivity index (χ4v) is 2.23. The van der Waals surface area contributed by atoms with Crippen LogP contribution in [0.2, 0.25) is 5.02 Å². The number of primary amides is 1. The summed E-state index contributed by atoms with van der Waals surface area (Å²) in [6.07, 6.45) is -4.69. The van der Waals surface area contributed by atoms with Gasteiger partial charge >= 0.3 is 6.18 Å². The maximum absolute atomic E-state index is 13.2. The van der Waals surface area contributed by atoms with E-state index >= 15 is 0 Å². The van der Waals surface area contributed by atoms with Gasteiger partial charge in [0, 0.05) is 11.1 Å². The van der Waals surface area contributed by atoms with Crippen molar-refractivity contribution in [3.05, 3.63) is 58.6 Å². The van der Waals surface area contributed by atoms with Crippen LogP contribution in [-0.2, 0) is 6.18 Å². The minimum atomic E-state index is -4.69. The van der Waals surface area contributed by atoms with E-state index in [4.69, 9.17) is 17.3 Å². The predicted octanol–water partition coefficient (Wildman–Crippen LogP) is 4.12. The third-order valence-electron chi connectivity index (χ3n) is 2.77. The zero-order valence-electron chi connectivity index (χ0n) is 10.0. The molecule has 0 spiro atoms. The van der Waals surface area contributed by atoms with E-state index in [0.29, 0.717) is 0 Å². The van der Waals surface area contributed by atoms with Crippen molar-refractivity contribution in [2.45, 2.75) is 6.18 Å². The Kier molecular flexibility index (Phi) is 3.72. The molecule has 0 unspecified atom stereocenters. The van der Waals surface area contributed by atoms with E-state index in [0.717, 1.165) is 6.07 Å². The van der Waals surface area contributed by atoms with Gasteiger partial charge in [-0.1, -0.05) is 41.9 Å². The van der Waals surface area contributed by atoms with Crippen LogP contribution in [0.1, 0.15) is 15.9 Å². The van der Waals surface area contributed by atoms with Gasteiger partial charge in [-0.25, -0.2) is 0 Å². The van der Waals surface area contributed by atoms with Crippen LogP contribution in [0.15, 0.2) is 42.5 Å². The van der Waals surface area contributed by atoms with Crippen molar-refractivity contribution in [1.82, 2.24) is 0 Å². The van der Waals surface area contributed by atoms with Crippen molar-refractivity contribution in [3.63, 3.8) is 0 Å². The van der Waals surface area contributed by atoms with Gasteiger partial charge in [0.2, 0.25) is 5.91 Å². The summed E-state index contributed by atoms with van der Waals surface area (Å²) in [6.45, 7) is 0. The first-order valence-electron chi connectivity index (χ1n) is 5.57. The third kappa shape index (κ3) is 2.63. The topological polar surface area (TPSA) is 43.1 Å². The Morgan fingerprint density at radius 2 is 1.65 bits per heavy atom. The highest BCUT2D eigenvalue weighted by atomic mass is 35.5. The summed E-state index contributed by atoms with van der Waals surface area (Å²) < 4.78 is 39.6. The first-order chi connectivity index (χ1) is 9.32. The second kappa shape index (κ2) is 5.17. The predicted molar refractivity (Wildman–Crippen MR) is 70.4 cm³/mol. The van der Waals surface area contributed by atoms with Gasteiger partial charge in [-0.15, -0.1) is 0 Å². The largest absolute Gasteiger partial charge is 0.418 e. The van der Waals surface area contributed by atoms with Crippen LogP contribution in [0.4, 0.5) is 13.2 Å². The summed E-state index contributed by atoms with van der Waals surface area (Å²) in [5.74, 6) is -0.939. The highest BCUT2D eigenvalue weighted by Crippen LogP contribution is 2.43. The molecule has 0 bridgehead atoms. The fourth-order valence-electron chi connectivity index (χ4n) is 1.96. The van der Waals surface area contributed by atoms with E-state index in [2.05, 4.69) is 0 Å². The van der Waals surface area contributed by atoms with Crippen molar-refractivity contribution in [2.24, 2.45) is 5.73 Å². The second-order valence-electron chi connectivity index (χ2n) is 4.07. The fraction of sp³-hybridized carbons (Fsp3) is 0.0714. The maximum Gasteiger partial charge on any atom is 0.418 e. The molecule has 2 nitrogen and oxygen atoms in total. The van der Waals surface area contributed by atoms with Crippen molar-refractivity contribution >= 4 is 17.5 Å². The van der Waals surface area contributed by atoms with Gasteiger partial charge in [0.15, 0.2) is 0 Å². The molecule has 2 N–H and O–H groups in total. The molecule has 2 aromatic rings. The van der Waals surface area contributed by atoms with E-state index in [9.17, 15) is 18.0 Å². The number of carbonyl (C=O) groups excluding carboxylic acids is 1. The Morgan fingerprint density at radius 1 is 1.05 bits per heavy atom. The molecule has 0 aromatic heterocycles. The van der Waals surface area contributed by atoms with Gasteiger partial charge in [-0.3, -0.25) is 4.79 Å². The quantitative estimate of drug-likeness (QED) is 0.890. The number of halogens is 4. The number of carbonyl (C=O) groups is 1. The highest BCUT2D eigenvalue weighted by molar-refractivity contribution is 6.32. The molecule has 6 heteroatoms. The van der Waals surface area contributed by atoms with Gasteiger partial charge < -0.3 is 5.73 Å². The first kappa shape index (κ1) is 14.4.